The molecule has 4 atom stereocenters. The van der Waals surface area contributed by atoms with Crippen LogP contribution in [0.1, 0.15) is 26.2 Å². The van der Waals surface area contributed by atoms with E-state index in [2.05, 4.69) is 10.5 Å². The van der Waals surface area contributed by atoms with Crippen LogP contribution in [0.15, 0.2) is 5.16 Å². The normalized spacial score (nSPS) is 37.1. The van der Waals surface area contributed by atoms with Gasteiger partial charge in [-0.25, -0.2) is 0 Å². The molecule has 0 aromatic rings. The molecule has 0 spiro atoms. The number of nitrogens with two attached hydrogens (primary N) is 1. The van der Waals surface area contributed by atoms with Crippen LogP contribution in [-0.4, -0.2) is 35.8 Å². The molecule has 2 heterocycles. The van der Waals surface area contributed by atoms with Gasteiger partial charge >= 0.3 is 0 Å². The minimum Gasteiger partial charge on any atom is -0.409 e. The molecule has 2 aliphatic rings. The van der Waals surface area contributed by atoms with Crippen molar-refractivity contribution in [3.63, 3.8) is 0 Å². The first-order valence-electron chi connectivity index (χ1n) is 5.57. The second-order valence-corrected chi connectivity index (χ2v) is 4.55. The summed E-state index contributed by atoms with van der Waals surface area (Å²) in [6, 6.07) is 0.456. The van der Waals surface area contributed by atoms with Gasteiger partial charge in [0.15, 0.2) is 0 Å². The lowest BCUT2D eigenvalue weighted by Gasteiger charge is -2.21. The fourth-order valence-corrected chi connectivity index (χ4v) is 2.38. The van der Waals surface area contributed by atoms with Gasteiger partial charge in [0.2, 0.25) is 0 Å². The monoisotopic (exact) mass is 213 g/mol. The zero-order valence-corrected chi connectivity index (χ0v) is 9.02. The van der Waals surface area contributed by atoms with E-state index in [1.807, 2.05) is 6.92 Å². The number of ether oxygens (including phenoxy) is 1. The van der Waals surface area contributed by atoms with Gasteiger partial charge in [-0.15, -0.1) is 0 Å². The van der Waals surface area contributed by atoms with Crippen LogP contribution < -0.4 is 11.1 Å². The zero-order valence-electron chi connectivity index (χ0n) is 9.02. The average Bonchev–Trinajstić information content (AvgIpc) is 2.86. The lowest BCUT2D eigenvalue weighted by Crippen LogP contribution is -2.42. The molecular weight excluding hydrogens is 194 g/mol. The van der Waals surface area contributed by atoms with Gasteiger partial charge < -0.3 is 21.0 Å². The molecule has 0 saturated carbocycles. The highest BCUT2D eigenvalue weighted by molar-refractivity contribution is 5.82. The van der Waals surface area contributed by atoms with E-state index < -0.39 is 0 Å². The van der Waals surface area contributed by atoms with Crippen LogP contribution in [0, 0.1) is 5.92 Å². The van der Waals surface area contributed by atoms with Crippen molar-refractivity contribution in [3.8, 4) is 0 Å². The van der Waals surface area contributed by atoms with Crippen molar-refractivity contribution in [1.29, 1.82) is 0 Å². The van der Waals surface area contributed by atoms with Crippen LogP contribution in [0.25, 0.3) is 0 Å². The Morgan fingerprint density at radius 3 is 3.00 bits per heavy atom. The molecule has 0 radical (unpaired) electrons. The number of fused-ring (bicyclic) bond motifs is 2. The maximum Gasteiger partial charge on any atom is 0.143 e. The van der Waals surface area contributed by atoms with Gasteiger partial charge in [0.05, 0.1) is 12.2 Å². The highest BCUT2D eigenvalue weighted by atomic mass is 16.5. The minimum atomic E-state index is 0.0640. The molecule has 2 rings (SSSR count). The minimum absolute atomic E-state index is 0.0640. The Bertz CT molecular complexity index is 257. The number of hydrogen-bond acceptors (Lipinski definition) is 4. The first-order chi connectivity index (χ1) is 7.20. The Hall–Kier alpha value is -0.810. The lowest BCUT2D eigenvalue weighted by atomic mass is 9.95. The highest BCUT2D eigenvalue weighted by Crippen LogP contribution is 2.34. The standard InChI is InChI=1S/C10H19N3O2/c1-6(10(11)13-14)5-12-8-4-7-2-3-9(8)15-7/h6-9,12,14H,2-5H2,1H3,(H2,11,13). The van der Waals surface area contributed by atoms with Gasteiger partial charge in [0.1, 0.15) is 5.84 Å². The third kappa shape index (κ3) is 2.23. The summed E-state index contributed by atoms with van der Waals surface area (Å²) in [5.41, 5.74) is 5.51. The largest absolute Gasteiger partial charge is 0.409 e. The number of oxime groups is 1. The number of hydrogen-bond donors (Lipinski definition) is 3. The molecule has 0 aliphatic carbocycles. The Labute approximate surface area is 89.7 Å². The van der Waals surface area contributed by atoms with Crippen molar-refractivity contribution in [2.75, 3.05) is 6.54 Å². The predicted molar refractivity (Wildman–Crippen MR) is 56.9 cm³/mol. The highest BCUT2D eigenvalue weighted by Gasteiger charge is 2.40. The molecule has 2 saturated heterocycles. The summed E-state index contributed by atoms with van der Waals surface area (Å²) in [7, 11) is 0. The lowest BCUT2D eigenvalue weighted by molar-refractivity contribution is 0.0973. The van der Waals surface area contributed by atoms with Crippen LogP contribution in [0.5, 0.6) is 0 Å². The average molecular weight is 213 g/mol. The molecule has 2 bridgehead atoms. The summed E-state index contributed by atoms with van der Waals surface area (Å²) in [6.45, 7) is 2.68. The molecule has 4 unspecified atom stereocenters. The van der Waals surface area contributed by atoms with Crippen LogP contribution >= 0.6 is 0 Å². The molecule has 5 nitrogen and oxygen atoms in total. The fraction of sp³-hybridized carbons (Fsp3) is 0.900. The number of nitrogens with one attached hydrogen (secondary N) is 1. The summed E-state index contributed by atoms with van der Waals surface area (Å²) < 4.78 is 5.73. The summed E-state index contributed by atoms with van der Waals surface area (Å²) in [5.74, 6) is 0.348. The smallest absolute Gasteiger partial charge is 0.143 e. The molecular formula is C10H19N3O2. The maximum atomic E-state index is 8.51. The molecule has 4 N–H and O–H groups in total. The van der Waals surface area contributed by atoms with Gasteiger partial charge in [-0.1, -0.05) is 12.1 Å². The summed E-state index contributed by atoms with van der Waals surface area (Å²) in [6.07, 6.45) is 4.33. The second kappa shape index (κ2) is 4.37. The third-order valence-electron chi connectivity index (χ3n) is 3.41. The molecule has 0 aromatic heterocycles. The Morgan fingerprint density at radius 1 is 1.67 bits per heavy atom. The van der Waals surface area contributed by atoms with Crippen molar-refractivity contribution in [1.82, 2.24) is 5.32 Å². The van der Waals surface area contributed by atoms with E-state index in [-0.39, 0.29) is 11.8 Å². The molecule has 5 heteroatoms. The second-order valence-electron chi connectivity index (χ2n) is 4.55. The molecule has 0 amide bonds. The first-order valence-corrected chi connectivity index (χ1v) is 5.57. The summed E-state index contributed by atoms with van der Waals surface area (Å²) in [5, 5.41) is 14.9. The van der Waals surface area contributed by atoms with Gasteiger partial charge in [0.25, 0.3) is 0 Å². The van der Waals surface area contributed by atoms with Crippen LogP contribution in [0.4, 0.5) is 0 Å². The van der Waals surface area contributed by atoms with E-state index in [0.717, 1.165) is 13.0 Å². The number of rotatable bonds is 4. The fourth-order valence-electron chi connectivity index (χ4n) is 2.38. The first kappa shape index (κ1) is 10.7. The summed E-state index contributed by atoms with van der Waals surface area (Å²) >= 11 is 0. The van der Waals surface area contributed by atoms with E-state index >= 15 is 0 Å². The molecule has 2 fully saturated rings. The topological polar surface area (TPSA) is 79.9 Å². The van der Waals surface area contributed by atoms with E-state index in [1.165, 1.54) is 12.8 Å². The molecule has 2 aliphatic heterocycles. The van der Waals surface area contributed by atoms with Gasteiger partial charge in [-0.2, -0.15) is 0 Å². The van der Waals surface area contributed by atoms with Gasteiger partial charge in [0, 0.05) is 18.5 Å². The van der Waals surface area contributed by atoms with Crippen molar-refractivity contribution in [2.45, 2.75) is 44.4 Å². The van der Waals surface area contributed by atoms with Crippen LogP contribution in [0.2, 0.25) is 0 Å². The van der Waals surface area contributed by atoms with E-state index in [4.69, 9.17) is 15.7 Å². The molecule has 0 aromatic carbocycles. The van der Waals surface area contributed by atoms with Gasteiger partial charge in [-0.05, 0) is 19.3 Å². The zero-order chi connectivity index (χ0) is 10.8. The van der Waals surface area contributed by atoms with E-state index in [9.17, 15) is 0 Å². The maximum absolute atomic E-state index is 8.51. The van der Waals surface area contributed by atoms with Crippen molar-refractivity contribution in [3.05, 3.63) is 0 Å². The number of nitrogens with zero attached hydrogens (tertiary/aromatic N) is 1. The number of amidine groups is 1. The molecule has 15 heavy (non-hydrogen) atoms. The van der Waals surface area contributed by atoms with Crippen LogP contribution in [-0.2, 0) is 4.74 Å². The van der Waals surface area contributed by atoms with Gasteiger partial charge in [-0.3, -0.25) is 0 Å². The Balaban J connectivity index is 1.74. The van der Waals surface area contributed by atoms with E-state index in [0.29, 0.717) is 18.2 Å². The van der Waals surface area contributed by atoms with Crippen LogP contribution in [0.3, 0.4) is 0 Å². The van der Waals surface area contributed by atoms with Crippen molar-refractivity contribution >= 4 is 5.84 Å². The SMILES string of the molecule is CC(CNC1CC2CCC1O2)C(N)=NO. The molecule has 86 valence electrons. The third-order valence-corrected chi connectivity index (χ3v) is 3.41. The van der Waals surface area contributed by atoms with Crippen molar-refractivity contribution < 1.29 is 9.94 Å². The predicted octanol–water partition coefficient (Wildman–Crippen LogP) is 0.278. The quantitative estimate of drug-likeness (QED) is 0.271. The summed E-state index contributed by atoms with van der Waals surface area (Å²) in [4.78, 5) is 0. The Morgan fingerprint density at radius 2 is 2.47 bits per heavy atom. The van der Waals surface area contributed by atoms with E-state index in [1.54, 1.807) is 0 Å². The Kier molecular flexibility index (Phi) is 3.11. The van der Waals surface area contributed by atoms with Crippen molar-refractivity contribution in [2.24, 2.45) is 16.8 Å².